The van der Waals surface area contributed by atoms with Crippen LogP contribution < -0.4 is 5.73 Å². The molecule has 2 rings (SSSR count). The van der Waals surface area contributed by atoms with E-state index in [4.69, 9.17) is 5.73 Å². The number of fused-ring (bicyclic) bond motifs is 2. The van der Waals surface area contributed by atoms with Gasteiger partial charge in [-0.15, -0.1) is 0 Å². The Labute approximate surface area is 55.9 Å². The molecule has 0 unspecified atom stereocenters. The molecule has 3 atom stereocenters. The number of allylic oxidation sites excluding steroid dienone is 1. The van der Waals surface area contributed by atoms with Crippen molar-refractivity contribution in [1.82, 2.24) is 0 Å². The van der Waals surface area contributed by atoms with Crippen LogP contribution in [0.3, 0.4) is 0 Å². The molecule has 1 heteroatoms. The maximum absolute atomic E-state index is 5.83. The predicted molar refractivity (Wildman–Crippen MR) is 37.9 cm³/mol. The zero-order valence-corrected chi connectivity index (χ0v) is 5.59. The van der Waals surface area contributed by atoms with Gasteiger partial charge in [0, 0.05) is 6.04 Å². The molecule has 2 bridgehead atoms. The van der Waals surface area contributed by atoms with Gasteiger partial charge in [0.15, 0.2) is 0 Å². The van der Waals surface area contributed by atoms with Gasteiger partial charge in [-0.25, -0.2) is 0 Å². The van der Waals surface area contributed by atoms with E-state index in [1.54, 1.807) is 0 Å². The van der Waals surface area contributed by atoms with Gasteiger partial charge in [0.25, 0.3) is 0 Å². The monoisotopic (exact) mass is 123 g/mol. The van der Waals surface area contributed by atoms with Gasteiger partial charge in [0.2, 0.25) is 0 Å². The minimum absolute atomic E-state index is 0.378. The Morgan fingerprint density at radius 3 is 2.89 bits per heavy atom. The van der Waals surface area contributed by atoms with Crippen molar-refractivity contribution >= 4 is 0 Å². The molecule has 1 saturated carbocycles. The van der Waals surface area contributed by atoms with Gasteiger partial charge < -0.3 is 5.73 Å². The molecule has 2 aliphatic rings. The molecule has 0 aromatic carbocycles. The van der Waals surface area contributed by atoms with Crippen molar-refractivity contribution in [2.75, 3.05) is 0 Å². The van der Waals surface area contributed by atoms with Crippen LogP contribution in [0.25, 0.3) is 0 Å². The number of hydrogen-bond acceptors (Lipinski definition) is 1. The van der Waals surface area contributed by atoms with Crippen molar-refractivity contribution < 1.29 is 0 Å². The quantitative estimate of drug-likeness (QED) is 0.483. The van der Waals surface area contributed by atoms with Crippen molar-refractivity contribution in [2.24, 2.45) is 17.6 Å². The van der Waals surface area contributed by atoms with Crippen molar-refractivity contribution in [1.29, 1.82) is 0 Å². The highest BCUT2D eigenvalue weighted by atomic mass is 14.7. The highest BCUT2D eigenvalue weighted by Crippen LogP contribution is 2.37. The first-order chi connectivity index (χ1) is 4.36. The summed E-state index contributed by atoms with van der Waals surface area (Å²) >= 11 is 0. The van der Waals surface area contributed by atoms with Crippen LogP contribution in [-0.2, 0) is 0 Å². The summed E-state index contributed by atoms with van der Waals surface area (Å²) in [5, 5.41) is 0. The SMILES string of the molecule is N[C@H]1C=C[C@@H]2CC[C@H]1C2. The zero-order chi connectivity index (χ0) is 6.27. The summed E-state index contributed by atoms with van der Waals surface area (Å²) in [6, 6.07) is 0.378. The van der Waals surface area contributed by atoms with Gasteiger partial charge in [0.1, 0.15) is 0 Å². The minimum Gasteiger partial charge on any atom is -0.324 e. The van der Waals surface area contributed by atoms with Crippen molar-refractivity contribution in [2.45, 2.75) is 25.3 Å². The van der Waals surface area contributed by atoms with E-state index in [9.17, 15) is 0 Å². The lowest BCUT2D eigenvalue weighted by Crippen LogP contribution is -2.27. The molecule has 0 heterocycles. The smallest absolute Gasteiger partial charge is 0.0252 e. The molecular weight excluding hydrogens is 110 g/mol. The van der Waals surface area contributed by atoms with Crippen molar-refractivity contribution in [3.05, 3.63) is 12.2 Å². The Hall–Kier alpha value is -0.300. The highest BCUT2D eigenvalue weighted by molar-refractivity contribution is 5.07. The first kappa shape index (κ1) is 5.48. The molecule has 2 N–H and O–H groups in total. The lowest BCUT2D eigenvalue weighted by molar-refractivity contribution is 0.461. The first-order valence-corrected chi connectivity index (χ1v) is 3.80. The summed E-state index contributed by atoms with van der Waals surface area (Å²) in [5.41, 5.74) is 5.83. The molecule has 9 heavy (non-hydrogen) atoms. The lowest BCUT2D eigenvalue weighted by Gasteiger charge is -2.18. The van der Waals surface area contributed by atoms with Gasteiger partial charge in [0.05, 0.1) is 0 Å². The van der Waals surface area contributed by atoms with E-state index in [1.807, 2.05) is 0 Å². The summed E-state index contributed by atoms with van der Waals surface area (Å²) in [6.45, 7) is 0. The summed E-state index contributed by atoms with van der Waals surface area (Å²) in [7, 11) is 0. The Balaban J connectivity index is 2.19. The van der Waals surface area contributed by atoms with Crippen LogP contribution >= 0.6 is 0 Å². The van der Waals surface area contributed by atoms with Gasteiger partial charge in [-0.05, 0) is 31.1 Å². The Morgan fingerprint density at radius 1 is 1.22 bits per heavy atom. The van der Waals surface area contributed by atoms with Crippen LogP contribution in [0.5, 0.6) is 0 Å². The lowest BCUT2D eigenvalue weighted by atomic mass is 9.92. The van der Waals surface area contributed by atoms with Gasteiger partial charge in [-0.1, -0.05) is 12.2 Å². The van der Waals surface area contributed by atoms with Crippen LogP contribution in [0.4, 0.5) is 0 Å². The van der Waals surface area contributed by atoms with E-state index in [-0.39, 0.29) is 0 Å². The maximum Gasteiger partial charge on any atom is 0.0252 e. The molecule has 0 amide bonds. The Kier molecular flexibility index (Phi) is 1.12. The van der Waals surface area contributed by atoms with E-state index in [0.717, 1.165) is 11.8 Å². The number of hydrogen-bond donors (Lipinski definition) is 1. The third-order valence-electron chi connectivity index (χ3n) is 2.66. The molecular formula is C8H13N. The third kappa shape index (κ3) is 0.799. The topological polar surface area (TPSA) is 26.0 Å². The van der Waals surface area contributed by atoms with Crippen LogP contribution in [0, 0.1) is 11.8 Å². The molecule has 0 radical (unpaired) electrons. The molecule has 0 aliphatic heterocycles. The second-order valence-electron chi connectivity index (χ2n) is 3.30. The number of rotatable bonds is 0. The van der Waals surface area contributed by atoms with E-state index < -0.39 is 0 Å². The summed E-state index contributed by atoms with van der Waals surface area (Å²) in [4.78, 5) is 0. The van der Waals surface area contributed by atoms with Gasteiger partial charge in [-0.3, -0.25) is 0 Å². The van der Waals surface area contributed by atoms with E-state index in [1.165, 1.54) is 19.3 Å². The molecule has 0 aromatic heterocycles. The van der Waals surface area contributed by atoms with Crippen LogP contribution in [0.1, 0.15) is 19.3 Å². The average Bonchev–Trinajstić information content (AvgIpc) is 2.25. The maximum atomic E-state index is 5.83. The molecule has 1 nitrogen and oxygen atoms in total. The number of nitrogens with two attached hydrogens (primary N) is 1. The Morgan fingerprint density at radius 2 is 2.11 bits per heavy atom. The highest BCUT2D eigenvalue weighted by Gasteiger charge is 2.29. The molecule has 0 aromatic rings. The minimum atomic E-state index is 0.378. The fraction of sp³-hybridized carbons (Fsp3) is 0.750. The fourth-order valence-corrected chi connectivity index (χ4v) is 2.02. The molecule has 50 valence electrons. The normalized spacial score (nSPS) is 47.9. The molecule has 2 aliphatic carbocycles. The van der Waals surface area contributed by atoms with Crippen molar-refractivity contribution in [3.63, 3.8) is 0 Å². The van der Waals surface area contributed by atoms with E-state index >= 15 is 0 Å². The fourth-order valence-electron chi connectivity index (χ4n) is 2.02. The van der Waals surface area contributed by atoms with Crippen LogP contribution in [-0.4, -0.2) is 6.04 Å². The second-order valence-corrected chi connectivity index (χ2v) is 3.30. The van der Waals surface area contributed by atoms with Crippen LogP contribution in [0.15, 0.2) is 12.2 Å². The molecule has 1 fully saturated rings. The Bertz CT molecular complexity index is 140. The average molecular weight is 123 g/mol. The molecule has 0 saturated heterocycles. The summed E-state index contributed by atoms with van der Waals surface area (Å²) in [6.07, 6.45) is 8.59. The van der Waals surface area contributed by atoms with Crippen molar-refractivity contribution in [3.8, 4) is 0 Å². The van der Waals surface area contributed by atoms with E-state index in [0.29, 0.717) is 6.04 Å². The van der Waals surface area contributed by atoms with Gasteiger partial charge >= 0.3 is 0 Å². The standard InChI is InChI=1S/C8H13N/c9-8-4-2-6-1-3-7(8)5-6/h2,4,6-8H,1,3,5,9H2/t6-,7-,8-/m0/s1. The van der Waals surface area contributed by atoms with E-state index in [2.05, 4.69) is 12.2 Å². The predicted octanol–water partition coefficient (Wildman–Crippen LogP) is 1.30. The second kappa shape index (κ2) is 1.84. The summed E-state index contributed by atoms with van der Waals surface area (Å²) in [5.74, 6) is 1.70. The summed E-state index contributed by atoms with van der Waals surface area (Å²) < 4.78 is 0. The zero-order valence-electron chi connectivity index (χ0n) is 5.59. The van der Waals surface area contributed by atoms with Gasteiger partial charge in [-0.2, -0.15) is 0 Å². The van der Waals surface area contributed by atoms with Crippen LogP contribution in [0.2, 0.25) is 0 Å². The first-order valence-electron chi connectivity index (χ1n) is 3.80. The third-order valence-corrected chi connectivity index (χ3v) is 2.66. The largest absolute Gasteiger partial charge is 0.324 e. The molecule has 0 spiro atoms.